The fourth-order valence-electron chi connectivity index (χ4n) is 1.34. The summed E-state index contributed by atoms with van der Waals surface area (Å²) in [5.74, 6) is 0.658. The number of rotatable bonds is 6. The highest BCUT2D eigenvalue weighted by Crippen LogP contribution is 2.10. The van der Waals surface area contributed by atoms with E-state index in [0.717, 1.165) is 13.0 Å². The molecule has 0 amide bonds. The van der Waals surface area contributed by atoms with Gasteiger partial charge in [-0.1, -0.05) is 13.0 Å². The molecule has 0 fully saturated rings. The fraction of sp³-hybridized carbons (Fsp3) is 0.500. The van der Waals surface area contributed by atoms with Crippen LogP contribution in [-0.4, -0.2) is 6.04 Å². The van der Waals surface area contributed by atoms with Crippen LogP contribution in [0.4, 0.5) is 0 Å². The van der Waals surface area contributed by atoms with Crippen molar-refractivity contribution >= 4 is 11.3 Å². The minimum atomic E-state index is 0.549. The van der Waals surface area contributed by atoms with E-state index in [9.17, 15) is 0 Å². The molecule has 1 heterocycles. The second-order valence-electron chi connectivity index (χ2n) is 3.80. The van der Waals surface area contributed by atoms with Crippen molar-refractivity contribution in [2.24, 2.45) is 5.92 Å². The van der Waals surface area contributed by atoms with E-state index >= 15 is 0 Å². The molecule has 1 N–H and O–H groups in total. The third-order valence-electron chi connectivity index (χ3n) is 2.60. The number of hydrogen-bond donors (Lipinski definition) is 1. The summed E-state index contributed by atoms with van der Waals surface area (Å²) >= 11 is 1.75. The number of hydrogen-bond acceptors (Lipinski definition) is 2. The molecule has 14 heavy (non-hydrogen) atoms. The smallest absolute Gasteiger partial charge is 0.0216 e. The summed E-state index contributed by atoms with van der Waals surface area (Å²) in [4.78, 5) is 0. The summed E-state index contributed by atoms with van der Waals surface area (Å²) in [5.41, 5.74) is 1.38. The number of nitrogens with one attached hydrogen (secondary N) is 1. The Morgan fingerprint density at radius 2 is 2.36 bits per heavy atom. The van der Waals surface area contributed by atoms with E-state index in [1.54, 1.807) is 11.3 Å². The lowest BCUT2D eigenvalue weighted by atomic mass is 10.00. The van der Waals surface area contributed by atoms with Crippen LogP contribution in [0.25, 0.3) is 0 Å². The normalized spacial score (nSPS) is 15.0. The Bertz CT molecular complexity index is 253. The van der Waals surface area contributed by atoms with Crippen LogP contribution in [0.2, 0.25) is 0 Å². The lowest BCUT2D eigenvalue weighted by Crippen LogP contribution is -2.31. The molecule has 1 rings (SSSR count). The van der Waals surface area contributed by atoms with E-state index in [1.807, 2.05) is 6.08 Å². The first-order chi connectivity index (χ1) is 6.74. The zero-order valence-electron chi connectivity index (χ0n) is 8.99. The van der Waals surface area contributed by atoms with E-state index in [0.29, 0.717) is 12.0 Å². The predicted octanol–water partition coefficient (Wildman–Crippen LogP) is 3.44. The van der Waals surface area contributed by atoms with Gasteiger partial charge in [0.1, 0.15) is 0 Å². The minimum absolute atomic E-state index is 0.549. The van der Waals surface area contributed by atoms with E-state index in [4.69, 9.17) is 0 Å². The average molecular weight is 209 g/mol. The molecule has 0 bridgehead atoms. The van der Waals surface area contributed by atoms with Crippen molar-refractivity contribution in [1.82, 2.24) is 5.32 Å². The van der Waals surface area contributed by atoms with Crippen LogP contribution in [0.1, 0.15) is 25.8 Å². The van der Waals surface area contributed by atoms with Crippen LogP contribution in [-0.2, 0) is 6.54 Å². The molecule has 2 unspecified atom stereocenters. The molecule has 1 aromatic rings. The average Bonchev–Trinajstić information content (AvgIpc) is 2.67. The minimum Gasteiger partial charge on any atom is -0.310 e. The second-order valence-corrected chi connectivity index (χ2v) is 4.58. The topological polar surface area (TPSA) is 12.0 Å². The van der Waals surface area contributed by atoms with E-state index in [-0.39, 0.29) is 0 Å². The SMILES string of the molecule is C=CCC(C)C(C)NCc1ccsc1. The molecule has 0 aliphatic carbocycles. The fourth-order valence-corrected chi connectivity index (χ4v) is 2.01. The van der Waals surface area contributed by atoms with Gasteiger partial charge in [-0.2, -0.15) is 11.3 Å². The van der Waals surface area contributed by atoms with Gasteiger partial charge >= 0.3 is 0 Å². The van der Waals surface area contributed by atoms with Crippen molar-refractivity contribution in [2.75, 3.05) is 0 Å². The van der Waals surface area contributed by atoms with Crippen LogP contribution in [0.5, 0.6) is 0 Å². The Balaban J connectivity index is 2.27. The first-order valence-corrected chi connectivity index (χ1v) is 6.03. The summed E-state index contributed by atoms with van der Waals surface area (Å²) in [6, 6.07) is 2.72. The van der Waals surface area contributed by atoms with Crippen LogP contribution in [0.15, 0.2) is 29.5 Å². The molecule has 1 nitrogen and oxygen atoms in total. The second kappa shape index (κ2) is 5.99. The maximum absolute atomic E-state index is 3.77. The van der Waals surface area contributed by atoms with Crippen molar-refractivity contribution < 1.29 is 0 Å². The van der Waals surface area contributed by atoms with Gasteiger partial charge in [0.25, 0.3) is 0 Å². The Morgan fingerprint density at radius 3 is 2.93 bits per heavy atom. The third-order valence-corrected chi connectivity index (χ3v) is 3.33. The van der Waals surface area contributed by atoms with Gasteiger partial charge < -0.3 is 5.32 Å². The van der Waals surface area contributed by atoms with Crippen LogP contribution < -0.4 is 5.32 Å². The Morgan fingerprint density at radius 1 is 1.57 bits per heavy atom. The van der Waals surface area contributed by atoms with Crippen molar-refractivity contribution in [1.29, 1.82) is 0 Å². The number of thiophene rings is 1. The van der Waals surface area contributed by atoms with Gasteiger partial charge in [0.05, 0.1) is 0 Å². The summed E-state index contributed by atoms with van der Waals surface area (Å²) in [6.45, 7) is 9.24. The zero-order valence-corrected chi connectivity index (χ0v) is 9.81. The molecule has 78 valence electrons. The first-order valence-electron chi connectivity index (χ1n) is 5.09. The molecule has 2 atom stereocenters. The third kappa shape index (κ3) is 3.64. The molecule has 2 heteroatoms. The van der Waals surface area contributed by atoms with Crippen molar-refractivity contribution in [3.63, 3.8) is 0 Å². The molecule has 0 radical (unpaired) electrons. The van der Waals surface area contributed by atoms with Crippen molar-refractivity contribution in [3.8, 4) is 0 Å². The first kappa shape index (κ1) is 11.5. The molecule has 1 aromatic heterocycles. The quantitative estimate of drug-likeness (QED) is 0.708. The van der Waals surface area contributed by atoms with Gasteiger partial charge in [0.2, 0.25) is 0 Å². The highest BCUT2D eigenvalue weighted by Gasteiger charge is 2.09. The number of allylic oxidation sites excluding steroid dienone is 1. The lowest BCUT2D eigenvalue weighted by molar-refractivity contribution is 0.402. The highest BCUT2D eigenvalue weighted by atomic mass is 32.1. The molecule has 0 saturated heterocycles. The van der Waals surface area contributed by atoms with Crippen molar-refractivity contribution in [3.05, 3.63) is 35.0 Å². The van der Waals surface area contributed by atoms with Crippen LogP contribution in [0, 0.1) is 5.92 Å². The van der Waals surface area contributed by atoms with Gasteiger partial charge in [-0.05, 0) is 41.7 Å². The van der Waals surface area contributed by atoms with Crippen LogP contribution >= 0.6 is 11.3 Å². The van der Waals surface area contributed by atoms with Gasteiger partial charge in [-0.25, -0.2) is 0 Å². The van der Waals surface area contributed by atoms with E-state index in [1.165, 1.54) is 5.56 Å². The molecular weight excluding hydrogens is 190 g/mol. The largest absolute Gasteiger partial charge is 0.310 e. The molecule has 0 saturated carbocycles. The Hall–Kier alpha value is -0.600. The Labute approximate surface area is 90.9 Å². The predicted molar refractivity (Wildman–Crippen MR) is 64.6 cm³/mol. The molecule has 0 aromatic carbocycles. The summed E-state index contributed by atoms with van der Waals surface area (Å²) in [5, 5.41) is 7.84. The Kier molecular flexibility index (Phi) is 4.91. The standard InChI is InChI=1S/C12H19NS/c1-4-5-10(2)11(3)13-8-12-6-7-14-9-12/h4,6-7,9-11,13H,1,5,8H2,2-3H3. The molecular formula is C12H19NS. The van der Waals surface area contributed by atoms with Crippen molar-refractivity contribution in [2.45, 2.75) is 32.9 Å². The highest BCUT2D eigenvalue weighted by molar-refractivity contribution is 7.07. The maximum Gasteiger partial charge on any atom is 0.0216 e. The van der Waals surface area contributed by atoms with Gasteiger partial charge in [-0.15, -0.1) is 6.58 Å². The molecule has 0 aliphatic rings. The van der Waals surface area contributed by atoms with E-state index in [2.05, 4.69) is 42.6 Å². The monoisotopic (exact) mass is 209 g/mol. The molecule has 0 aliphatic heterocycles. The van der Waals surface area contributed by atoms with E-state index < -0.39 is 0 Å². The lowest BCUT2D eigenvalue weighted by Gasteiger charge is -2.19. The molecule has 0 spiro atoms. The summed E-state index contributed by atoms with van der Waals surface area (Å²) in [6.07, 6.45) is 3.07. The zero-order chi connectivity index (χ0) is 10.4. The van der Waals surface area contributed by atoms with Gasteiger partial charge in [0.15, 0.2) is 0 Å². The summed E-state index contributed by atoms with van der Waals surface area (Å²) in [7, 11) is 0. The summed E-state index contributed by atoms with van der Waals surface area (Å²) < 4.78 is 0. The van der Waals surface area contributed by atoms with Gasteiger partial charge in [0, 0.05) is 12.6 Å². The van der Waals surface area contributed by atoms with Gasteiger partial charge in [-0.3, -0.25) is 0 Å². The van der Waals surface area contributed by atoms with Crippen LogP contribution in [0.3, 0.4) is 0 Å². The maximum atomic E-state index is 3.77.